The Balaban J connectivity index is 3.93. The summed E-state index contributed by atoms with van der Waals surface area (Å²) in [5.74, 6) is 0.306. The first-order valence-electron chi connectivity index (χ1n) is 7.12. The number of nitrogens with one attached hydrogen (secondary N) is 1. The molecule has 0 rings (SSSR count). The van der Waals surface area contributed by atoms with Gasteiger partial charge in [0.1, 0.15) is 0 Å². The smallest absolute Gasteiger partial charge is 0.223 e. The van der Waals surface area contributed by atoms with Gasteiger partial charge in [-0.2, -0.15) is 0 Å². The molecule has 0 aliphatic carbocycles. The number of carbonyl (C=O) groups is 1. The predicted molar refractivity (Wildman–Crippen MR) is 74.2 cm³/mol. The van der Waals surface area contributed by atoms with Gasteiger partial charge in [-0.05, 0) is 12.8 Å². The number of nitrogens with zero attached hydrogens (tertiary/aromatic N) is 1. The second kappa shape index (κ2) is 10.6. The van der Waals surface area contributed by atoms with Gasteiger partial charge < -0.3 is 10.2 Å². The van der Waals surface area contributed by atoms with E-state index in [1.165, 1.54) is 0 Å². The summed E-state index contributed by atoms with van der Waals surface area (Å²) in [6, 6.07) is 0.461. The standard InChI is InChI=1S/C14H30N2O/c1-5-7-11-16(12-8-6-2)14(17)9-10-15-13(3)4/h13,15H,5-12H2,1-4H3. The molecule has 17 heavy (non-hydrogen) atoms. The van der Waals surface area contributed by atoms with Crippen molar-refractivity contribution in [1.29, 1.82) is 0 Å². The summed E-state index contributed by atoms with van der Waals surface area (Å²) in [5.41, 5.74) is 0. The van der Waals surface area contributed by atoms with Crippen LogP contribution in [0.1, 0.15) is 59.8 Å². The Morgan fingerprint density at radius 3 is 2.06 bits per heavy atom. The van der Waals surface area contributed by atoms with Gasteiger partial charge in [0, 0.05) is 32.1 Å². The van der Waals surface area contributed by atoms with Gasteiger partial charge in [-0.1, -0.05) is 40.5 Å². The van der Waals surface area contributed by atoms with Gasteiger partial charge >= 0.3 is 0 Å². The molecule has 102 valence electrons. The zero-order chi connectivity index (χ0) is 13.1. The van der Waals surface area contributed by atoms with Crippen LogP contribution in [-0.2, 0) is 4.79 Å². The summed E-state index contributed by atoms with van der Waals surface area (Å²) in [6.07, 6.45) is 5.17. The molecule has 0 aliphatic rings. The van der Waals surface area contributed by atoms with Crippen molar-refractivity contribution in [2.24, 2.45) is 0 Å². The lowest BCUT2D eigenvalue weighted by Gasteiger charge is -2.22. The molecule has 0 spiro atoms. The molecule has 0 saturated heterocycles. The maximum Gasteiger partial charge on any atom is 0.223 e. The fourth-order valence-corrected chi connectivity index (χ4v) is 1.69. The largest absolute Gasteiger partial charge is 0.343 e. The van der Waals surface area contributed by atoms with Crippen molar-refractivity contribution < 1.29 is 4.79 Å². The Hall–Kier alpha value is -0.570. The highest BCUT2D eigenvalue weighted by Crippen LogP contribution is 2.02. The molecule has 0 radical (unpaired) electrons. The van der Waals surface area contributed by atoms with E-state index in [9.17, 15) is 4.79 Å². The van der Waals surface area contributed by atoms with Crippen LogP contribution in [0.2, 0.25) is 0 Å². The average Bonchev–Trinajstić information content (AvgIpc) is 2.28. The quantitative estimate of drug-likeness (QED) is 0.639. The monoisotopic (exact) mass is 242 g/mol. The Bertz CT molecular complexity index is 185. The minimum absolute atomic E-state index is 0.306. The van der Waals surface area contributed by atoms with Crippen molar-refractivity contribution in [2.75, 3.05) is 19.6 Å². The molecular formula is C14H30N2O. The van der Waals surface area contributed by atoms with Crippen molar-refractivity contribution in [3.63, 3.8) is 0 Å². The van der Waals surface area contributed by atoms with Gasteiger partial charge in [-0.15, -0.1) is 0 Å². The second-order valence-electron chi connectivity index (χ2n) is 4.95. The lowest BCUT2D eigenvalue weighted by Crippen LogP contribution is -2.35. The molecule has 3 nitrogen and oxygen atoms in total. The molecule has 0 aromatic carbocycles. The fourth-order valence-electron chi connectivity index (χ4n) is 1.69. The van der Waals surface area contributed by atoms with Gasteiger partial charge in [0.2, 0.25) is 5.91 Å². The second-order valence-corrected chi connectivity index (χ2v) is 4.95. The van der Waals surface area contributed by atoms with Crippen molar-refractivity contribution in [3.8, 4) is 0 Å². The summed E-state index contributed by atoms with van der Waals surface area (Å²) in [4.78, 5) is 14.1. The van der Waals surface area contributed by atoms with E-state index in [0.717, 1.165) is 45.3 Å². The Morgan fingerprint density at radius 2 is 1.65 bits per heavy atom. The molecule has 0 heterocycles. The Kier molecular flexibility index (Phi) is 10.2. The first-order chi connectivity index (χ1) is 8.11. The van der Waals surface area contributed by atoms with E-state index >= 15 is 0 Å². The molecule has 0 saturated carbocycles. The highest BCUT2D eigenvalue weighted by Gasteiger charge is 2.11. The lowest BCUT2D eigenvalue weighted by atomic mass is 10.2. The molecule has 0 bridgehead atoms. The highest BCUT2D eigenvalue weighted by atomic mass is 16.2. The van der Waals surface area contributed by atoms with Crippen LogP contribution in [0.3, 0.4) is 0 Å². The minimum Gasteiger partial charge on any atom is -0.343 e. The molecule has 0 aliphatic heterocycles. The summed E-state index contributed by atoms with van der Waals surface area (Å²) >= 11 is 0. The summed E-state index contributed by atoms with van der Waals surface area (Å²) in [6.45, 7) is 11.2. The van der Waals surface area contributed by atoms with Crippen LogP contribution in [-0.4, -0.2) is 36.5 Å². The summed E-state index contributed by atoms with van der Waals surface area (Å²) in [5, 5.41) is 3.30. The van der Waals surface area contributed by atoms with Gasteiger partial charge in [0.15, 0.2) is 0 Å². The van der Waals surface area contributed by atoms with E-state index in [2.05, 4.69) is 33.0 Å². The van der Waals surface area contributed by atoms with Crippen LogP contribution >= 0.6 is 0 Å². The van der Waals surface area contributed by atoms with Crippen molar-refractivity contribution in [3.05, 3.63) is 0 Å². The zero-order valence-corrected chi connectivity index (χ0v) is 12.1. The number of hydrogen-bond donors (Lipinski definition) is 1. The van der Waals surface area contributed by atoms with E-state index in [4.69, 9.17) is 0 Å². The third-order valence-electron chi connectivity index (χ3n) is 2.81. The van der Waals surface area contributed by atoms with Gasteiger partial charge in [0.05, 0.1) is 0 Å². The number of hydrogen-bond acceptors (Lipinski definition) is 2. The van der Waals surface area contributed by atoms with Gasteiger partial charge in [-0.3, -0.25) is 4.79 Å². The number of carbonyl (C=O) groups excluding carboxylic acids is 1. The zero-order valence-electron chi connectivity index (χ0n) is 12.1. The van der Waals surface area contributed by atoms with Crippen molar-refractivity contribution in [1.82, 2.24) is 10.2 Å². The molecular weight excluding hydrogens is 212 g/mol. The molecule has 0 aromatic rings. The van der Waals surface area contributed by atoms with Crippen molar-refractivity contribution >= 4 is 5.91 Å². The highest BCUT2D eigenvalue weighted by molar-refractivity contribution is 5.76. The van der Waals surface area contributed by atoms with Gasteiger partial charge in [0.25, 0.3) is 0 Å². The van der Waals surface area contributed by atoms with Crippen LogP contribution in [0.15, 0.2) is 0 Å². The van der Waals surface area contributed by atoms with E-state index < -0.39 is 0 Å². The lowest BCUT2D eigenvalue weighted by molar-refractivity contribution is -0.131. The SMILES string of the molecule is CCCCN(CCCC)C(=O)CCNC(C)C. The van der Waals surface area contributed by atoms with Crippen molar-refractivity contribution in [2.45, 2.75) is 65.8 Å². The first kappa shape index (κ1) is 16.4. The van der Waals surface area contributed by atoms with Crippen LogP contribution in [0.25, 0.3) is 0 Å². The van der Waals surface area contributed by atoms with E-state index in [1.807, 2.05) is 4.90 Å². The number of rotatable bonds is 10. The maximum absolute atomic E-state index is 12.0. The average molecular weight is 242 g/mol. The van der Waals surface area contributed by atoms with E-state index in [-0.39, 0.29) is 0 Å². The molecule has 0 fully saturated rings. The third kappa shape index (κ3) is 9.16. The maximum atomic E-state index is 12.0. The molecule has 0 aromatic heterocycles. The Morgan fingerprint density at radius 1 is 1.12 bits per heavy atom. The molecule has 0 unspecified atom stereocenters. The number of unbranched alkanes of at least 4 members (excludes halogenated alkanes) is 2. The van der Waals surface area contributed by atoms with E-state index in [1.54, 1.807) is 0 Å². The minimum atomic E-state index is 0.306. The normalized spacial score (nSPS) is 10.9. The van der Waals surface area contributed by atoms with Crippen LogP contribution in [0.5, 0.6) is 0 Å². The first-order valence-corrected chi connectivity index (χ1v) is 7.12. The molecule has 1 amide bonds. The Labute approximate surface area is 107 Å². The van der Waals surface area contributed by atoms with E-state index in [0.29, 0.717) is 18.4 Å². The fraction of sp³-hybridized carbons (Fsp3) is 0.929. The molecule has 0 atom stereocenters. The summed E-state index contributed by atoms with van der Waals surface area (Å²) in [7, 11) is 0. The predicted octanol–water partition coefficient (Wildman–Crippen LogP) is 2.80. The third-order valence-corrected chi connectivity index (χ3v) is 2.81. The molecule has 1 N–H and O–H groups in total. The number of amides is 1. The van der Waals surface area contributed by atoms with Crippen LogP contribution < -0.4 is 5.32 Å². The summed E-state index contributed by atoms with van der Waals surface area (Å²) < 4.78 is 0. The molecule has 3 heteroatoms. The topological polar surface area (TPSA) is 32.3 Å². The van der Waals surface area contributed by atoms with Crippen LogP contribution in [0, 0.1) is 0 Å². The van der Waals surface area contributed by atoms with Crippen LogP contribution in [0.4, 0.5) is 0 Å². The van der Waals surface area contributed by atoms with Gasteiger partial charge in [-0.25, -0.2) is 0 Å².